The van der Waals surface area contributed by atoms with Crippen molar-refractivity contribution in [1.82, 2.24) is 10.2 Å². The van der Waals surface area contributed by atoms with E-state index in [1.54, 1.807) is 48.6 Å². The first kappa shape index (κ1) is 29.1. The lowest BCUT2D eigenvalue weighted by molar-refractivity contribution is -0.145. The molecule has 0 saturated carbocycles. The van der Waals surface area contributed by atoms with E-state index in [1.165, 1.54) is 9.80 Å². The first-order chi connectivity index (χ1) is 20.8. The summed E-state index contributed by atoms with van der Waals surface area (Å²) in [5.41, 5.74) is -0.112. The Morgan fingerprint density at radius 1 is 1.00 bits per heavy atom. The second-order valence-electron chi connectivity index (χ2n) is 11.0. The van der Waals surface area contributed by atoms with Crippen molar-refractivity contribution in [2.45, 2.75) is 36.6 Å². The number of amides is 3. The van der Waals surface area contributed by atoms with Crippen molar-refractivity contribution in [2.24, 2.45) is 11.8 Å². The van der Waals surface area contributed by atoms with Gasteiger partial charge in [0, 0.05) is 30.2 Å². The van der Waals surface area contributed by atoms with Crippen molar-refractivity contribution < 1.29 is 33.8 Å². The molecule has 5 bridgehead atoms. The van der Waals surface area contributed by atoms with Gasteiger partial charge in [-0.3, -0.25) is 19.2 Å². The maximum atomic E-state index is 14.5. The summed E-state index contributed by atoms with van der Waals surface area (Å²) < 4.78 is 12.0. The summed E-state index contributed by atoms with van der Waals surface area (Å²) >= 11 is 6.12. The Kier molecular flexibility index (Phi) is 8.09. The molecule has 10 nitrogen and oxygen atoms in total. The first-order valence-electron chi connectivity index (χ1n) is 14.4. The minimum Gasteiger partial charge on any atom is -0.463 e. The van der Waals surface area contributed by atoms with E-state index in [2.05, 4.69) is 5.32 Å². The molecule has 2 fully saturated rings. The Morgan fingerprint density at radius 3 is 2.51 bits per heavy atom. The topological polar surface area (TPSA) is 125 Å². The molecule has 4 aliphatic rings. The van der Waals surface area contributed by atoms with Gasteiger partial charge in [0.2, 0.25) is 11.8 Å². The first-order valence-corrected chi connectivity index (χ1v) is 14.7. The number of β-amino-alcohol motifs (C(OH)–C–C–N with tert-alkyl or cyclic N) is 1. The van der Waals surface area contributed by atoms with Crippen molar-refractivity contribution in [2.75, 3.05) is 31.2 Å². The van der Waals surface area contributed by atoms with Crippen LogP contribution in [0, 0.1) is 11.8 Å². The van der Waals surface area contributed by atoms with Gasteiger partial charge >= 0.3 is 5.97 Å². The molecule has 0 unspecified atom stereocenters. The number of anilines is 1. The molecular formula is C32H32ClN3O7. The average molecular weight is 606 g/mol. The number of hydrogen-bond donors (Lipinski definition) is 2. The van der Waals surface area contributed by atoms with Gasteiger partial charge in [-0.15, -0.1) is 0 Å². The molecule has 6 atom stereocenters. The molecule has 43 heavy (non-hydrogen) atoms. The number of carbonyl (C=O) groups is 4. The highest BCUT2D eigenvalue weighted by Gasteiger charge is 2.73. The Bertz CT molecular complexity index is 1460. The van der Waals surface area contributed by atoms with E-state index in [0.29, 0.717) is 17.1 Å². The highest BCUT2D eigenvalue weighted by molar-refractivity contribution is 6.30. The standard InChI is InChI=1S/C32H32ClN3O7/c33-21-10-12-22(13-11-21)35-16-6-2-5-9-25(38)42-19-23(20-7-3-1-4-8-20)34-29(39)26-24-14-15-32(43-24)27(26)30(40)36(17-18-37)28(32)31(35)41/h1-4,6-8,10-15,23-24,26-28,37H,5,9,16-19H2,(H,34,39)/b6-2-/t23-,24-,26+,27+,28-,32+/m1/s1. The zero-order chi connectivity index (χ0) is 30.1. The average Bonchev–Trinajstić information content (AvgIpc) is 3.65. The second kappa shape index (κ2) is 11.9. The van der Waals surface area contributed by atoms with Crippen molar-refractivity contribution in [3.63, 3.8) is 0 Å². The molecule has 2 saturated heterocycles. The third-order valence-electron chi connectivity index (χ3n) is 8.56. The van der Waals surface area contributed by atoms with Crippen LogP contribution in [-0.2, 0) is 28.7 Å². The van der Waals surface area contributed by atoms with Gasteiger partial charge in [-0.05, 0) is 36.2 Å². The number of rotatable bonds is 4. The largest absolute Gasteiger partial charge is 0.463 e. The van der Waals surface area contributed by atoms with E-state index in [-0.39, 0.29) is 32.7 Å². The lowest BCUT2D eigenvalue weighted by Crippen LogP contribution is -2.56. The molecule has 11 heteroatoms. The van der Waals surface area contributed by atoms with Gasteiger partial charge in [0.25, 0.3) is 5.91 Å². The highest BCUT2D eigenvalue weighted by Crippen LogP contribution is 2.55. The van der Waals surface area contributed by atoms with Crippen LogP contribution in [0.4, 0.5) is 5.69 Å². The minimum atomic E-state index is -1.40. The number of nitrogens with zero attached hydrogens (tertiary/aromatic N) is 2. The Labute approximate surface area is 253 Å². The van der Waals surface area contributed by atoms with Gasteiger partial charge in [-0.1, -0.05) is 66.2 Å². The molecule has 0 aromatic heterocycles. The van der Waals surface area contributed by atoms with Crippen LogP contribution in [0.25, 0.3) is 0 Å². The lowest BCUT2D eigenvalue weighted by atomic mass is 9.74. The predicted octanol–water partition coefficient (Wildman–Crippen LogP) is 2.57. The number of aliphatic hydroxyl groups excluding tert-OH is 1. The number of allylic oxidation sites excluding steroid dienone is 1. The summed E-state index contributed by atoms with van der Waals surface area (Å²) in [6, 6.07) is 14.1. The number of aliphatic hydroxyl groups is 1. The number of nitrogens with one attached hydrogen (secondary N) is 1. The van der Waals surface area contributed by atoms with Crippen LogP contribution in [0.5, 0.6) is 0 Å². The Morgan fingerprint density at radius 2 is 1.77 bits per heavy atom. The maximum absolute atomic E-state index is 14.5. The summed E-state index contributed by atoms with van der Waals surface area (Å²) in [7, 11) is 0. The summed E-state index contributed by atoms with van der Waals surface area (Å²) in [5, 5.41) is 13.4. The van der Waals surface area contributed by atoms with E-state index < -0.39 is 59.3 Å². The van der Waals surface area contributed by atoms with Crippen LogP contribution in [0.2, 0.25) is 5.02 Å². The molecular weight excluding hydrogens is 574 g/mol. The number of benzene rings is 2. The molecule has 1 spiro atoms. The number of halogens is 1. The number of likely N-dealkylation sites (tertiary alicyclic amines) is 1. The van der Waals surface area contributed by atoms with Crippen LogP contribution >= 0.6 is 11.6 Å². The summed E-state index contributed by atoms with van der Waals surface area (Å²) in [4.78, 5) is 58.0. The molecule has 6 rings (SSSR count). The number of hydrogen-bond acceptors (Lipinski definition) is 7. The molecule has 2 N–H and O–H groups in total. The van der Waals surface area contributed by atoms with Crippen LogP contribution < -0.4 is 10.2 Å². The van der Waals surface area contributed by atoms with Crippen LogP contribution in [0.3, 0.4) is 0 Å². The molecule has 2 aromatic rings. The van der Waals surface area contributed by atoms with E-state index in [1.807, 2.05) is 30.3 Å². The molecule has 4 aliphatic heterocycles. The molecule has 3 amide bonds. The van der Waals surface area contributed by atoms with Crippen molar-refractivity contribution >= 4 is 41.0 Å². The third-order valence-corrected chi connectivity index (χ3v) is 8.81. The van der Waals surface area contributed by atoms with E-state index in [0.717, 1.165) is 5.56 Å². The van der Waals surface area contributed by atoms with Crippen LogP contribution in [-0.4, -0.2) is 77.7 Å². The fourth-order valence-electron chi connectivity index (χ4n) is 6.61. The molecule has 2 aromatic carbocycles. The van der Waals surface area contributed by atoms with Crippen LogP contribution in [0.15, 0.2) is 78.9 Å². The van der Waals surface area contributed by atoms with Gasteiger partial charge in [-0.25, -0.2) is 0 Å². The highest BCUT2D eigenvalue weighted by atomic mass is 35.5. The zero-order valence-corrected chi connectivity index (χ0v) is 24.1. The minimum absolute atomic E-state index is 0.0851. The van der Waals surface area contributed by atoms with Gasteiger partial charge in [0.15, 0.2) is 0 Å². The normalized spacial score (nSPS) is 31.6. The second-order valence-corrected chi connectivity index (χ2v) is 11.5. The summed E-state index contributed by atoms with van der Waals surface area (Å²) in [5.74, 6) is -3.65. The summed E-state index contributed by atoms with van der Waals surface area (Å²) in [6.45, 7) is -0.416. The fraction of sp³-hybridized carbons (Fsp3) is 0.375. The lowest BCUT2D eigenvalue weighted by Gasteiger charge is -2.35. The number of cyclic esters (lactones) is 1. The van der Waals surface area contributed by atoms with Gasteiger partial charge < -0.3 is 29.7 Å². The monoisotopic (exact) mass is 605 g/mol. The SMILES string of the molecule is O=C1CC/C=C\CN(c2ccc(Cl)cc2)C(=O)[C@H]2N(CCO)C(=O)[C@@H]3[C@@H](C(=O)N[C@@H](c4ccccc4)CO1)[C@H]1C=C[C@]32O1. The van der Waals surface area contributed by atoms with Gasteiger partial charge in [0.05, 0.1) is 30.6 Å². The fourth-order valence-corrected chi connectivity index (χ4v) is 6.73. The molecule has 0 aliphatic carbocycles. The van der Waals surface area contributed by atoms with Gasteiger partial charge in [-0.2, -0.15) is 0 Å². The maximum Gasteiger partial charge on any atom is 0.306 e. The predicted molar refractivity (Wildman–Crippen MR) is 157 cm³/mol. The smallest absolute Gasteiger partial charge is 0.306 e. The Balaban J connectivity index is 1.42. The summed E-state index contributed by atoms with van der Waals surface area (Å²) in [6.07, 6.45) is 6.80. The third kappa shape index (κ3) is 5.24. The molecule has 4 heterocycles. The van der Waals surface area contributed by atoms with E-state index in [9.17, 15) is 24.3 Å². The van der Waals surface area contributed by atoms with E-state index in [4.69, 9.17) is 21.1 Å². The van der Waals surface area contributed by atoms with Crippen molar-refractivity contribution in [3.05, 3.63) is 89.5 Å². The number of esters is 1. The van der Waals surface area contributed by atoms with Crippen molar-refractivity contribution in [3.8, 4) is 0 Å². The van der Waals surface area contributed by atoms with E-state index >= 15 is 0 Å². The Hall–Kier alpha value is -3.99. The van der Waals surface area contributed by atoms with Crippen LogP contribution in [0.1, 0.15) is 24.4 Å². The number of carbonyl (C=O) groups excluding carboxylic acids is 4. The van der Waals surface area contributed by atoms with Crippen molar-refractivity contribution in [1.29, 1.82) is 0 Å². The molecule has 0 radical (unpaired) electrons. The zero-order valence-electron chi connectivity index (χ0n) is 23.3. The number of ether oxygens (including phenoxy) is 2. The number of fused-ring (bicyclic) bond motifs is 2. The van der Waals surface area contributed by atoms with Gasteiger partial charge in [0.1, 0.15) is 18.2 Å². The quantitative estimate of drug-likeness (QED) is 0.405. The molecule has 224 valence electrons.